The first-order valence-electron chi connectivity index (χ1n) is 6.04. The van der Waals surface area contributed by atoms with Crippen molar-refractivity contribution < 1.29 is 14.8 Å². The minimum atomic E-state index is -0.614. The van der Waals surface area contributed by atoms with Crippen LogP contribution in [0.3, 0.4) is 0 Å². The fourth-order valence-corrected chi connectivity index (χ4v) is 1.90. The summed E-state index contributed by atoms with van der Waals surface area (Å²) in [6.45, 7) is 0. The smallest absolute Gasteiger partial charge is 0.278 e. The molecule has 2 rings (SSSR count). The van der Waals surface area contributed by atoms with E-state index in [9.17, 15) is 20.0 Å². The van der Waals surface area contributed by atoms with Gasteiger partial charge in [0.2, 0.25) is 0 Å². The Balaban J connectivity index is 2.17. The van der Waals surface area contributed by atoms with Gasteiger partial charge in [-0.2, -0.15) is 5.10 Å². The Hall–Kier alpha value is -2.93. The van der Waals surface area contributed by atoms with Crippen LogP contribution < -0.4 is 5.43 Å². The van der Waals surface area contributed by atoms with Crippen molar-refractivity contribution in [1.29, 1.82) is 0 Å². The van der Waals surface area contributed by atoms with Crippen molar-refractivity contribution in [3.05, 3.63) is 68.7 Å². The predicted molar refractivity (Wildman–Crippen MR) is 81.3 cm³/mol. The summed E-state index contributed by atoms with van der Waals surface area (Å²) in [7, 11) is 0. The first-order chi connectivity index (χ1) is 10.5. The number of carbonyl (C=O) groups excluding carboxylic acids is 1. The van der Waals surface area contributed by atoms with Crippen LogP contribution in [0.1, 0.15) is 15.9 Å². The molecule has 0 saturated carbocycles. The lowest BCUT2D eigenvalue weighted by atomic mass is 10.2. The lowest BCUT2D eigenvalue weighted by Crippen LogP contribution is -2.18. The van der Waals surface area contributed by atoms with E-state index in [0.29, 0.717) is 0 Å². The number of benzene rings is 2. The predicted octanol–water partition coefficient (Wildman–Crippen LogP) is 2.72. The van der Waals surface area contributed by atoms with E-state index in [4.69, 9.17) is 11.6 Å². The van der Waals surface area contributed by atoms with Gasteiger partial charge in [-0.15, -0.1) is 0 Å². The average molecular weight is 320 g/mol. The number of rotatable bonds is 4. The number of nitrogens with zero attached hydrogens (tertiary/aromatic N) is 2. The highest BCUT2D eigenvalue weighted by molar-refractivity contribution is 6.33. The van der Waals surface area contributed by atoms with Gasteiger partial charge in [0.05, 0.1) is 27.3 Å². The SMILES string of the molecule is O=C(N/N=C/c1cc(O)ccc1[N+](=O)[O-])c1ccccc1Cl. The van der Waals surface area contributed by atoms with E-state index in [0.717, 1.165) is 12.3 Å². The van der Waals surface area contributed by atoms with E-state index in [1.165, 1.54) is 18.2 Å². The molecule has 0 saturated heterocycles. The molecule has 0 unspecified atom stereocenters. The first-order valence-corrected chi connectivity index (χ1v) is 6.42. The Bertz CT molecular complexity index is 762. The maximum atomic E-state index is 11.8. The van der Waals surface area contributed by atoms with Gasteiger partial charge in [0.25, 0.3) is 11.6 Å². The van der Waals surface area contributed by atoms with Gasteiger partial charge in [-0.3, -0.25) is 14.9 Å². The fraction of sp³-hybridized carbons (Fsp3) is 0. The molecule has 0 fully saturated rings. The Morgan fingerprint density at radius 2 is 2.05 bits per heavy atom. The van der Waals surface area contributed by atoms with Gasteiger partial charge in [-0.1, -0.05) is 23.7 Å². The molecule has 8 heteroatoms. The summed E-state index contributed by atoms with van der Waals surface area (Å²) in [5.74, 6) is -0.700. The molecule has 2 aromatic rings. The molecular formula is C14H10ClN3O4. The van der Waals surface area contributed by atoms with Crippen molar-refractivity contribution >= 4 is 29.4 Å². The summed E-state index contributed by atoms with van der Waals surface area (Å²) in [6.07, 6.45) is 1.08. The summed E-state index contributed by atoms with van der Waals surface area (Å²) in [5.41, 5.74) is 2.26. The summed E-state index contributed by atoms with van der Waals surface area (Å²) in [4.78, 5) is 22.1. The van der Waals surface area contributed by atoms with E-state index >= 15 is 0 Å². The highest BCUT2D eigenvalue weighted by Gasteiger charge is 2.13. The molecule has 0 aromatic heterocycles. The third-order valence-corrected chi connectivity index (χ3v) is 3.03. The van der Waals surface area contributed by atoms with E-state index in [1.54, 1.807) is 18.2 Å². The Labute approximate surface area is 130 Å². The standard InChI is InChI=1S/C14H10ClN3O4/c15-12-4-2-1-3-11(12)14(20)17-16-8-9-7-10(19)5-6-13(9)18(21)22/h1-8,19H,(H,17,20)/b16-8+. The van der Waals surface area contributed by atoms with Crippen molar-refractivity contribution in [3.8, 4) is 5.75 Å². The molecule has 7 nitrogen and oxygen atoms in total. The second-order valence-electron chi connectivity index (χ2n) is 4.18. The summed E-state index contributed by atoms with van der Waals surface area (Å²) >= 11 is 5.87. The summed E-state index contributed by atoms with van der Waals surface area (Å²) < 4.78 is 0. The van der Waals surface area contributed by atoms with Crippen LogP contribution in [0.5, 0.6) is 5.75 Å². The first kappa shape index (κ1) is 15.5. The van der Waals surface area contributed by atoms with E-state index < -0.39 is 10.8 Å². The number of nitro groups is 1. The van der Waals surface area contributed by atoms with Crippen LogP contribution in [0.2, 0.25) is 5.02 Å². The highest BCUT2D eigenvalue weighted by Crippen LogP contribution is 2.21. The maximum absolute atomic E-state index is 11.8. The van der Waals surface area contributed by atoms with Gasteiger partial charge in [-0.25, -0.2) is 5.43 Å². The van der Waals surface area contributed by atoms with E-state index in [1.807, 2.05) is 0 Å². The number of carbonyl (C=O) groups is 1. The maximum Gasteiger partial charge on any atom is 0.278 e. The van der Waals surface area contributed by atoms with Gasteiger partial charge in [-0.05, 0) is 24.3 Å². The van der Waals surface area contributed by atoms with Gasteiger partial charge in [0.1, 0.15) is 5.75 Å². The molecule has 1 amide bonds. The topological polar surface area (TPSA) is 105 Å². The number of hydrazone groups is 1. The number of nitro benzene ring substituents is 1. The van der Waals surface area contributed by atoms with Crippen LogP contribution >= 0.6 is 11.6 Å². The molecule has 2 N–H and O–H groups in total. The third-order valence-electron chi connectivity index (χ3n) is 2.70. The monoisotopic (exact) mass is 319 g/mol. The summed E-state index contributed by atoms with van der Waals surface area (Å²) in [6, 6.07) is 9.90. The third kappa shape index (κ3) is 3.58. The number of hydrogen-bond donors (Lipinski definition) is 2. The highest BCUT2D eigenvalue weighted by atomic mass is 35.5. The Kier molecular flexibility index (Phi) is 4.70. The van der Waals surface area contributed by atoms with Crippen LogP contribution in [0, 0.1) is 10.1 Å². The van der Waals surface area contributed by atoms with Crippen LogP contribution in [0.15, 0.2) is 47.6 Å². The number of hydrogen-bond acceptors (Lipinski definition) is 5. The second-order valence-corrected chi connectivity index (χ2v) is 4.59. The number of amides is 1. The van der Waals surface area contributed by atoms with Gasteiger partial charge < -0.3 is 5.11 Å². The van der Waals surface area contributed by atoms with Crippen LogP contribution in [-0.4, -0.2) is 22.2 Å². The number of phenols is 1. The number of nitrogens with one attached hydrogen (secondary N) is 1. The molecule has 0 spiro atoms. The summed E-state index contributed by atoms with van der Waals surface area (Å²) in [5, 5.41) is 24.1. The lowest BCUT2D eigenvalue weighted by Gasteiger charge is -2.02. The van der Waals surface area contributed by atoms with Crippen molar-refractivity contribution in [2.45, 2.75) is 0 Å². The number of aromatic hydroxyl groups is 1. The molecule has 2 aromatic carbocycles. The van der Waals surface area contributed by atoms with Crippen LogP contribution in [-0.2, 0) is 0 Å². The molecule has 112 valence electrons. The second kappa shape index (κ2) is 6.68. The molecule has 22 heavy (non-hydrogen) atoms. The molecule has 0 bridgehead atoms. The number of halogens is 1. The molecule has 0 aliphatic rings. The molecule has 0 heterocycles. The minimum absolute atomic E-state index is 0.0597. The van der Waals surface area contributed by atoms with E-state index in [-0.39, 0.29) is 27.6 Å². The van der Waals surface area contributed by atoms with Crippen LogP contribution in [0.4, 0.5) is 5.69 Å². The van der Waals surface area contributed by atoms with E-state index in [2.05, 4.69) is 10.5 Å². The van der Waals surface area contributed by atoms with Gasteiger partial charge >= 0.3 is 0 Å². The molecular weight excluding hydrogens is 310 g/mol. The molecule has 0 aliphatic heterocycles. The Morgan fingerprint density at radius 1 is 1.32 bits per heavy atom. The van der Waals surface area contributed by atoms with Crippen LogP contribution in [0.25, 0.3) is 0 Å². The fourth-order valence-electron chi connectivity index (χ4n) is 1.68. The number of phenolic OH excluding ortho intramolecular Hbond substituents is 1. The normalized spacial score (nSPS) is 10.6. The average Bonchev–Trinajstić information content (AvgIpc) is 2.47. The minimum Gasteiger partial charge on any atom is -0.508 e. The largest absolute Gasteiger partial charge is 0.508 e. The van der Waals surface area contributed by atoms with Gasteiger partial charge in [0, 0.05) is 6.07 Å². The quantitative estimate of drug-likeness (QED) is 0.513. The zero-order valence-electron chi connectivity index (χ0n) is 11.1. The zero-order valence-corrected chi connectivity index (χ0v) is 11.8. The lowest BCUT2D eigenvalue weighted by molar-refractivity contribution is -0.385. The molecule has 0 aliphatic carbocycles. The molecule has 0 atom stereocenters. The molecule has 0 radical (unpaired) electrons. The van der Waals surface area contributed by atoms with Crippen molar-refractivity contribution in [3.63, 3.8) is 0 Å². The van der Waals surface area contributed by atoms with Crippen molar-refractivity contribution in [2.24, 2.45) is 5.10 Å². The van der Waals surface area contributed by atoms with Crippen molar-refractivity contribution in [2.75, 3.05) is 0 Å². The van der Waals surface area contributed by atoms with Crippen molar-refractivity contribution in [1.82, 2.24) is 5.43 Å². The van der Waals surface area contributed by atoms with Gasteiger partial charge in [0.15, 0.2) is 0 Å². The Morgan fingerprint density at radius 3 is 2.73 bits per heavy atom. The zero-order chi connectivity index (χ0) is 16.1.